The summed E-state index contributed by atoms with van der Waals surface area (Å²) in [4.78, 5) is 10.7. The second kappa shape index (κ2) is 6.24. The monoisotopic (exact) mass is 248 g/mol. The Hall–Kier alpha value is -1.77. The van der Waals surface area contributed by atoms with E-state index >= 15 is 0 Å². The smallest absolute Gasteiger partial charge is 0.307 e. The fraction of sp³-hybridized carbons (Fsp3) is 0.400. The summed E-state index contributed by atoms with van der Waals surface area (Å²) in [5, 5.41) is 8.76. The van der Waals surface area contributed by atoms with Crippen molar-refractivity contribution in [3.63, 3.8) is 0 Å². The van der Waals surface area contributed by atoms with Crippen LogP contribution in [0.3, 0.4) is 0 Å². The van der Waals surface area contributed by atoms with Crippen molar-refractivity contribution in [2.75, 3.05) is 7.11 Å². The van der Waals surface area contributed by atoms with Crippen LogP contribution in [0.15, 0.2) is 18.2 Å². The molecule has 0 bridgehead atoms. The summed E-state index contributed by atoms with van der Waals surface area (Å²) >= 11 is 0. The van der Waals surface area contributed by atoms with Crippen LogP contribution < -0.4 is 4.74 Å². The Morgan fingerprint density at radius 2 is 2.06 bits per heavy atom. The molecule has 3 nitrogen and oxygen atoms in total. The molecule has 1 N–H and O–H groups in total. The fourth-order valence-corrected chi connectivity index (χ4v) is 2.12. The molecule has 0 amide bonds. The highest BCUT2D eigenvalue weighted by Crippen LogP contribution is 2.32. The van der Waals surface area contributed by atoms with Gasteiger partial charge in [0.25, 0.3) is 0 Å². The number of aliphatic carboxylic acids is 1. The van der Waals surface area contributed by atoms with Crippen molar-refractivity contribution in [3.05, 3.63) is 34.9 Å². The number of carbonyl (C=O) groups is 1. The number of aryl methyl sites for hydroxylation is 2. The maximum absolute atomic E-state index is 10.7. The first-order valence-electron chi connectivity index (χ1n) is 6.06. The van der Waals surface area contributed by atoms with E-state index in [1.165, 1.54) is 0 Å². The normalized spacial score (nSPS) is 11.4. The summed E-state index contributed by atoms with van der Waals surface area (Å²) in [7, 11) is 1.64. The minimum atomic E-state index is -0.815. The van der Waals surface area contributed by atoms with Gasteiger partial charge in [-0.15, -0.1) is 0 Å². The Labute approximate surface area is 108 Å². The Bertz CT molecular complexity index is 473. The second-order valence-corrected chi connectivity index (χ2v) is 4.34. The Balaban J connectivity index is 3.27. The summed E-state index contributed by atoms with van der Waals surface area (Å²) in [6.07, 6.45) is 2.59. The van der Waals surface area contributed by atoms with Crippen LogP contribution in [-0.2, 0) is 4.79 Å². The standard InChI is InChI=1S/C15H20O3/c1-5-12(6-7-14(16)17)13-9-10(2)8-11(3)15(13)18-4/h6,8-9H,5,7H2,1-4H3,(H,16,17)/b12-6+. The third kappa shape index (κ3) is 3.36. The first-order chi connectivity index (χ1) is 8.49. The van der Waals surface area contributed by atoms with Crippen LogP contribution >= 0.6 is 0 Å². The first-order valence-corrected chi connectivity index (χ1v) is 6.06. The van der Waals surface area contributed by atoms with E-state index in [1.807, 2.05) is 26.8 Å². The molecule has 0 atom stereocenters. The number of allylic oxidation sites excluding steroid dienone is 1. The van der Waals surface area contributed by atoms with E-state index in [1.54, 1.807) is 13.2 Å². The Kier molecular flexibility index (Phi) is 4.95. The predicted octanol–water partition coefficient (Wildman–Crippen LogP) is 3.58. The van der Waals surface area contributed by atoms with E-state index < -0.39 is 5.97 Å². The molecule has 1 aromatic carbocycles. The van der Waals surface area contributed by atoms with Gasteiger partial charge in [-0.05, 0) is 43.0 Å². The van der Waals surface area contributed by atoms with Gasteiger partial charge in [-0.3, -0.25) is 4.79 Å². The zero-order valence-electron chi connectivity index (χ0n) is 11.4. The molecule has 1 rings (SSSR count). The molecule has 0 saturated carbocycles. The van der Waals surface area contributed by atoms with Crippen molar-refractivity contribution in [2.24, 2.45) is 0 Å². The minimum Gasteiger partial charge on any atom is -0.496 e. The molecule has 0 saturated heterocycles. The quantitative estimate of drug-likeness (QED) is 0.866. The van der Waals surface area contributed by atoms with Crippen molar-refractivity contribution in [2.45, 2.75) is 33.6 Å². The van der Waals surface area contributed by atoms with Crippen LogP contribution in [0.2, 0.25) is 0 Å². The van der Waals surface area contributed by atoms with Gasteiger partial charge >= 0.3 is 5.97 Å². The molecule has 0 heterocycles. The molecule has 0 aliphatic heterocycles. The van der Waals surface area contributed by atoms with Gasteiger partial charge in [-0.2, -0.15) is 0 Å². The molecule has 0 radical (unpaired) electrons. The number of carboxylic acid groups (broad SMARTS) is 1. The van der Waals surface area contributed by atoms with Gasteiger partial charge in [0.2, 0.25) is 0 Å². The van der Waals surface area contributed by atoms with Gasteiger partial charge in [-0.1, -0.05) is 19.1 Å². The SMILES string of the molecule is CC/C(=C\CC(=O)O)c1cc(C)cc(C)c1OC. The van der Waals surface area contributed by atoms with E-state index in [-0.39, 0.29) is 6.42 Å². The average molecular weight is 248 g/mol. The highest BCUT2D eigenvalue weighted by Gasteiger charge is 2.11. The highest BCUT2D eigenvalue weighted by molar-refractivity contribution is 5.77. The molecule has 0 aromatic heterocycles. The number of carboxylic acids is 1. The minimum absolute atomic E-state index is 0.0410. The molecule has 0 spiro atoms. The van der Waals surface area contributed by atoms with E-state index in [0.717, 1.165) is 34.4 Å². The summed E-state index contributed by atoms with van der Waals surface area (Å²) in [6.45, 7) is 6.05. The van der Waals surface area contributed by atoms with Gasteiger partial charge in [0.1, 0.15) is 5.75 Å². The van der Waals surface area contributed by atoms with Gasteiger partial charge in [0.05, 0.1) is 13.5 Å². The summed E-state index contributed by atoms with van der Waals surface area (Å²) < 4.78 is 5.43. The molecule has 1 aromatic rings. The lowest BCUT2D eigenvalue weighted by Crippen LogP contribution is -1.97. The topological polar surface area (TPSA) is 46.5 Å². The Morgan fingerprint density at radius 1 is 1.39 bits per heavy atom. The van der Waals surface area contributed by atoms with E-state index in [0.29, 0.717) is 0 Å². The number of hydrogen-bond donors (Lipinski definition) is 1. The molecule has 0 unspecified atom stereocenters. The number of methoxy groups -OCH3 is 1. The molecule has 98 valence electrons. The van der Waals surface area contributed by atoms with E-state index in [4.69, 9.17) is 9.84 Å². The molecular weight excluding hydrogens is 228 g/mol. The van der Waals surface area contributed by atoms with Crippen LogP contribution in [-0.4, -0.2) is 18.2 Å². The molecule has 18 heavy (non-hydrogen) atoms. The molecule has 0 aliphatic rings. The zero-order valence-corrected chi connectivity index (χ0v) is 11.4. The fourth-order valence-electron chi connectivity index (χ4n) is 2.12. The molecule has 0 aliphatic carbocycles. The van der Waals surface area contributed by atoms with E-state index in [2.05, 4.69) is 6.07 Å². The third-order valence-corrected chi connectivity index (χ3v) is 2.87. The number of hydrogen-bond acceptors (Lipinski definition) is 2. The number of benzene rings is 1. The number of ether oxygens (including phenoxy) is 1. The van der Waals surface area contributed by atoms with Crippen LogP contribution in [0, 0.1) is 13.8 Å². The zero-order chi connectivity index (χ0) is 13.7. The Morgan fingerprint density at radius 3 is 2.56 bits per heavy atom. The summed E-state index contributed by atoms with van der Waals surface area (Å²) in [5.41, 5.74) is 4.24. The summed E-state index contributed by atoms with van der Waals surface area (Å²) in [6, 6.07) is 4.11. The molecule has 0 fully saturated rings. The lowest BCUT2D eigenvalue weighted by molar-refractivity contribution is -0.135. The lowest BCUT2D eigenvalue weighted by Gasteiger charge is -2.14. The van der Waals surface area contributed by atoms with Crippen molar-refractivity contribution >= 4 is 11.5 Å². The van der Waals surface area contributed by atoms with Crippen LogP contribution in [0.1, 0.15) is 36.5 Å². The largest absolute Gasteiger partial charge is 0.496 e. The average Bonchev–Trinajstić information content (AvgIpc) is 2.29. The van der Waals surface area contributed by atoms with Crippen molar-refractivity contribution in [3.8, 4) is 5.75 Å². The van der Waals surface area contributed by atoms with Gasteiger partial charge in [-0.25, -0.2) is 0 Å². The van der Waals surface area contributed by atoms with Gasteiger partial charge in [0.15, 0.2) is 0 Å². The summed E-state index contributed by atoms with van der Waals surface area (Å²) in [5.74, 6) is 0.0170. The van der Waals surface area contributed by atoms with Crippen LogP contribution in [0.4, 0.5) is 0 Å². The van der Waals surface area contributed by atoms with Gasteiger partial charge < -0.3 is 9.84 Å². The van der Waals surface area contributed by atoms with Crippen LogP contribution in [0.5, 0.6) is 5.75 Å². The van der Waals surface area contributed by atoms with Crippen molar-refractivity contribution < 1.29 is 14.6 Å². The highest BCUT2D eigenvalue weighted by atomic mass is 16.5. The molecule has 3 heteroatoms. The van der Waals surface area contributed by atoms with Crippen LogP contribution in [0.25, 0.3) is 5.57 Å². The molecular formula is C15H20O3. The third-order valence-electron chi connectivity index (χ3n) is 2.87. The van der Waals surface area contributed by atoms with Gasteiger partial charge in [0, 0.05) is 5.56 Å². The lowest BCUT2D eigenvalue weighted by atomic mass is 9.96. The predicted molar refractivity (Wildman–Crippen MR) is 73.0 cm³/mol. The maximum atomic E-state index is 10.7. The van der Waals surface area contributed by atoms with Crippen molar-refractivity contribution in [1.29, 1.82) is 0 Å². The number of rotatable bonds is 5. The first kappa shape index (κ1) is 14.3. The van der Waals surface area contributed by atoms with E-state index in [9.17, 15) is 4.79 Å². The maximum Gasteiger partial charge on any atom is 0.307 e. The van der Waals surface area contributed by atoms with Crippen molar-refractivity contribution in [1.82, 2.24) is 0 Å². The second-order valence-electron chi connectivity index (χ2n) is 4.34.